The normalized spacial score (nSPS) is 12.9. The molecule has 0 fully saturated rings. The number of aromatic nitrogens is 1. The van der Waals surface area contributed by atoms with Gasteiger partial charge in [0.2, 0.25) is 5.91 Å². The summed E-state index contributed by atoms with van der Waals surface area (Å²) < 4.78 is 22.4. The van der Waals surface area contributed by atoms with E-state index in [9.17, 15) is 18.0 Å². The van der Waals surface area contributed by atoms with Gasteiger partial charge in [0.15, 0.2) is 0 Å². The molecule has 2 aromatic rings. The SMILES string of the molecule is CS(=O)(=O)CC(NC(=O)CCc1c[nH]c2ccccc12)C(=O)O. The number of carbonyl (C=O) groups excluding carboxylic acids is 1. The molecular formula is C15H18N2O5S. The number of aromatic amines is 1. The largest absolute Gasteiger partial charge is 0.480 e. The first kappa shape index (κ1) is 17.0. The van der Waals surface area contributed by atoms with Gasteiger partial charge in [-0.3, -0.25) is 4.79 Å². The smallest absolute Gasteiger partial charge is 0.327 e. The van der Waals surface area contributed by atoms with Crippen LogP contribution in [0.5, 0.6) is 0 Å². The highest BCUT2D eigenvalue weighted by molar-refractivity contribution is 7.90. The fourth-order valence-corrected chi connectivity index (χ4v) is 3.16. The van der Waals surface area contributed by atoms with Crippen molar-refractivity contribution in [2.75, 3.05) is 12.0 Å². The number of aliphatic carboxylic acids is 1. The van der Waals surface area contributed by atoms with Gasteiger partial charge in [0.25, 0.3) is 0 Å². The molecule has 1 atom stereocenters. The van der Waals surface area contributed by atoms with Gasteiger partial charge in [0.1, 0.15) is 15.9 Å². The zero-order valence-electron chi connectivity index (χ0n) is 12.6. The standard InChI is InChI=1S/C15H18N2O5S/c1-23(21,22)9-13(15(19)20)17-14(18)7-6-10-8-16-12-5-3-2-4-11(10)12/h2-5,8,13,16H,6-7,9H2,1H3,(H,17,18)(H,19,20). The second-order valence-corrected chi connectivity index (χ2v) is 7.60. The Morgan fingerprint density at radius 2 is 2.00 bits per heavy atom. The summed E-state index contributed by atoms with van der Waals surface area (Å²) in [5, 5.41) is 12.3. The van der Waals surface area contributed by atoms with Crippen LogP contribution in [-0.2, 0) is 25.8 Å². The molecule has 0 spiro atoms. The third kappa shape index (κ3) is 4.82. The molecule has 0 aliphatic heterocycles. The van der Waals surface area contributed by atoms with Crippen molar-refractivity contribution in [2.45, 2.75) is 18.9 Å². The van der Waals surface area contributed by atoms with Crippen LogP contribution in [0.25, 0.3) is 10.9 Å². The van der Waals surface area contributed by atoms with Crippen molar-refractivity contribution in [3.8, 4) is 0 Å². The van der Waals surface area contributed by atoms with Crippen LogP contribution in [0.3, 0.4) is 0 Å². The van der Waals surface area contributed by atoms with E-state index in [-0.39, 0.29) is 6.42 Å². The molecule has 1 aromatic carbocycles. The van der Waals surface area contributed by atoms with Gasteiger partial charge in [0, 0.05) is 29.8 Å². The van der Waals surface area contributed by atoms with Crippen molar-refractivity contribution in [1.82, 2.24) is 10.3 Å². The number of nitrogens with one attached hydrogen (secondary N) is 2. The highest BCUT2D eigenvalue weighted by Crippen LogP contribution is 2.18. The summed E-state index contributed by atoms with van der Waals surface area (Å²) in [6.45, 7) is 0. The fraction of sp³-hybridized carbons (Fsp3) is 0.333. The van der Waals surface area contributed by atoms with Crippen LogP contribution in [0, 0.1) is 0 Å². The first-order valence-electron chi connectivity index (χ1n) is 7.01. The highest BCUT2D eigenvalue weighted by Gasteiger charge is 2.24. The molecule has 1 heterocycles. The first-order valence-corrected chi connectivity index (χ1v) is 9.07. The van der Waals surface area contributed by atoms with Crippen LogP contribution < -0.4 is 5.32 Å². The predicted molar refractivity (Wildman–Crippen MR) is 85.9 cm³/mol. The number of benzene rings is 1. The van der Waals surface area contributed by atoms with E-state index in [2.05, 4.69) is 10.3 Å². The summed E-state index contributed by atoms with van der Waals surface area (Å²) in [5.41, 5.74) is 1.91. The molecule has 3 N–H and O–H groups in total. The average Bonchev–Trinajstić information content (AvgIpc) is 2.86. The number of carbonyl (C=O) groups is 2. The molecule has 0 aliphatic carbocycles. The number of hydrogen-bond acceptors (Lipinski definition) is 4. The maximum atomic E-state index is 11.9. The summed E-state index contributed by atoms with van der Waals surface area (Å²) in [5.74, 6) is -2.48. The number of para-hydroxylation sites is 1. The Labute approximate surface area is 133 Å². The molecule has 124 valence electrons. The number of rotatable bonds is 7. The number of H-pyrrole nitrogens is 1. The summed E-state index contributed by atoms with van der Waals surface area (Å²) in [6, 6.07) is 6.22. The summed E-state index contributed by atoms with van der Waals surface area (Å²) in [6.07, 6.45) is 3.25. The number of hydrogen-bond donors (Lipinski definition) is 3. The summed E-state index contributed by atoms with van der Waals surface area (Å²) in [7, 11) is -3.50. The van der Waals surface area contributed by atoms with Crippen molar-refractivity contribution in [3.05, 3.63) is 36.0 Å². The van der Waals surface area contributed by atoms with Crippen LogP contribution in [-0.4, -0.2) is 48.4 Å². The lowest BCUT2D eigenvalue weighted by Gasteiger charge is -2.13. The van der Waals surface area contributed by atoms with Gasteiger partial charge in [-0.25, -0.2) is 13.2 Å². The number of carboxylic acids is 1. The number of amides is 1. The molecule has 23 heavy (non-hydrogen) atoms. The Balaban J connectivity index is 1.97. The molecule has 8 heteroatoms. The molecule has 1 unspecified atom stereocenters. The van der Waals surface area contributed by atoms with E-state index in [1.165, 1.54) is 0 Å². The lowest BCUT2D eigenvalue weighted by Crippen LogP contribution is -2.45. The van der Waals surface area contributed by atoms with Crippen LogP contribution in [0.15, 0.2) is 30.5 Å². The Hall–Kier alpha value is -2.35. The number of fused-ring (bicyclic) bond motifs is 1. The minimum absolute atomic E-state index is 0.0788. The average molecular weight is 338 g/mol. The second-order valence-electron chi connectivity index (χ2n) is 5.41. The Kier molecular flexibility index (Phi) is 5.05. The van der Waals surface area contributed by atoms with Crippen LogP contribution in [0.4, 0.5) is 0 Å². The third-order valence-electron chi connectivity index (χ3n) is 3.40. The van der Waals surface area contributed by atoms with E-state index in [4.69, 9.17) is 5.11 Å². The quantitative estimate of drug-likeness (QED) is 0.687. The maximum Gasteiger partial charge on any atom is 0.327 e. The zero-order chi connectivity index (χ0) is 17.0. The number of carboxylic acid groups (broad SMARTS) is 1. The summed E-state index contributed by atoms with van der Waals surface area (Å²) >= 11 is 0. The third-order valence-corrected chi connectivity index (χ3v) is 4.34. The van der Waals surface area contributed by atoms with Crippen LogP contribution in [0.2, 0.25) is 0 Å². The monoisotopic (exact) mass is 338 g/mol. The maximum absolute atomic E-state index is 11.9. The summed E-state index contributed by atoms with van der Waals surface area (Å²) in [4.78, 5) is 26.0. The van der Waals surface area contributed by atoms with E-state index in [1.807, 2.05) is 30.5 Å². The molecule has 0 bridgehead atoms. The molecule has 1 amide bonds. The van der Waals surface area contributed by atoms with E-state index in [0.29, 0.717) is 6.42 Å². The zero-order valence-corrected chi connectivity index (χ0v) is 13.4. The van der Waals surface area contributed by atoms with Gasteiger partial charge in [-0.15, -0.1) is 0 Å². The molecule has 0 saturated heterocycles. The van der Waals surface area contributed by atoms with E-state index in [0.717, 1.165) is 22.7 Å². The molecule has 1 aromatic heterocycles. The van der Waals surface area contributed by atoms with E-state index >= 15 is 0 Å². The Morgan fingerprint density at radius 3 is 2.65 bits per heavy atom. The topological polar surface area (TPSA) is 116 Å². The lowest BCUT2D eigenvalue weighted by atomic mass is 10.1. The second kappa shape index (κ2) is 6.82. The van der Waals surface area contributed by atoms with Gasteiger partial charge in [-0.05, 0) is 18.1 Å². The highest BCUT2D eigenvalue weighted by atomic mass is 32.2. The van der Waals surface area contributed by atoms with Gasteiger partial charge in [0.05, 0.1) is 5.75 Å². The van der Waals surface area contributed by atoms with Gasteiger partial charge < -0.3 is 15.4 Å². The van der Waals surface area contributed by atoms with Crippen LogP contribution >= 0.6 is 0 Å². The molecule has 0 radical (unpaired) electrons. The molecular weight excluding hydrogens is 320 g/mol. The molecule has 0 aliphatic rings. The van der Waals surface area contributed by atoms with E-state index < -0.39 is 33.5 Å². The van der Waals surface area contributed by atoms with Crippen molar-refractivity contribution < 1.29 is 23.1 Å². The van der Waals surface area contributed by atoms with Gasteiger partial charge in [-0.1, -0.05) is 18.2 Å². The Bertz CT molecular complexity index is 825. The van der Waals surface area contributed by atoms with Gasteiger partial charge in [-0.2, -0.15) is 0 Å². The molecule has 2 rings (SSSR count). The number of sulfone groups is 1. The predicted octanol–water partition coefficient (Wildman–Crippen LogP) is 0.714. The number of aryl methyl sites for hydroxylation is 1. The molecule has 0 saturated carbocycles. The first-order chi connectivity index (χ1) is 10.8. The Morgan fingerprint density at radius 1 is 1.30 bits per heavy atom. The minimum Gasteiger partial charge on any atom is -0.480 e. The van der Waals surface area contributed by atoms with Crippen molar-refractivity contribution in [2.24, 2.45) is 0 Å². The molecule has 7 nitrogen and oxygen atoms in total. The minimum atomic E-state index is -3.50. The van der Waals surface area contributed by atoms with Crippen molar-refractivity contribution >= 4 is 32.6 Å². The van der Waals surface area contributed by atoms with E-state index in [1.54, 1.807) is 0 Å². The lowest BCUT2D eigenvalue weighted by molar-refractivity contribution is -0.141. The van der Waals surface area contributed by atoms with Crippen LogP contribution in [0.1, 0.15) is 12.0 Å². The van der Waals surface area contributed by atoms with Gasteiger partial charge >= 0.3 is 5.97 Å². The van der Waals surface area contributed by atoms with Crippen molar-refractivity contribution in [3.63, 3.8) is 0 Å². The fourth-order valence-electron chi connectivity index (χ4n) is 2.33. The van der Waals surface area contributed by atoms with Crippen molar-refractivity contribution in [1.29, 1.82) is 0 Å².